The molecule has 1 unspecified atom stereocenters. The summed E-state index contributed by atoms with van der Waals surface area (Å²) in [5.41, 5.74) is 0.913. The molecule has 2 aliphatic rings. The van der Waals surface area contributed by atoms with Gasteiger partial charge >= 0.3 is 5.97 Å². The van der Waals surface area contributed by atoms with Gasteiger partial charge in [0.25, 0.3) is 0 Å². The van der Waals surface area contributed by atoms with Crippen molar-refractivity contribution in [3.05, 3.63) is 35.9 Å². The zero-order valence-electron chi connectivity index (χ0n) is 17.7. The zero-order chi connectivity index (χ0) is 20.3. The maximum absolute atomic E-state index is 12.3. The third-order valence-electron chi connectivity index (χ3n) is 5.67. The average Bonchev–Trinajstić information content (AvgIpc) is 3.28. The molecule has 1 aliphatic carbocycles. The van der Waals surface area contributed by atoms with Gasteiger partial charge in [0.15, 0.2) is 0 Å². The van der Waals surface area contributed by atoms with E-state index in [1.54, 1.807) is 6.92 Å². The Bertz CT molecular complexity index is 683. The molecule has 0 radical (unpaired) electrons. The molecule has 28 heavy (non-hydrogen) atoms. The van der Waals surface area contributed by atoms with E-state index in [9.17, 15) is 9.59 Å². The highest BCUT2D eigenvalue weighted by Crippen LogP contribution is 2.45. The van der Waals surface area contributed by atoms with E-state index in [0.717, 1.165) is 39.0 Å². The molecule has 3 atom stereocenters. The molecule has 1 aromatic carbocycles. The molecule has 1 saturated heterocycles. The molecule has 3 rings (SSSR count). The summed E-state index contributed by atoms with van der Waals surface area (Å²) in [5, 5.41) is 0. The highest BCUT2D eigenvalue weighted by molar-refractivity contribution is 5.74. The van der Waals surface area contributed by atoms with E-state index in [0.29, 0.717) is 24.3 Å². The van der Waals surface area contributed by atoms with Crippen LogP contribution in [0.5, 0.6) is 0 Å². The number of hydrogen-bond donors (Lipinski definition) is 0. The molecule has 2 fully saturated rings. The maximum atomic E-state index is 12.3. The van der Waals surface area contributed by atoms with Crippen molar-refractivity contribution in [3.63, 3.8) is 0 Å². The van der Waals surface area contributed by atoms with Crippen LogP contribution in [0.2, 0.25) is 0 Å². The van der Waals surface area contributed by atoms with Gasteiger partial charge in [-0.25, -0.2) is 0 Å². The van der Waals surface area contributed by atoms with E-state index in [1.807, 2.05) is 26.8 Å². The molecule has 5 heteroatoms. The summed E-state index contributed by atoms with van der Waals surface area (Å²) < 4.78 is 5.40. The Balaban J connectivity index is 1.46. The molecule has 1 heterocycles. The third kappa shape index (κ3) is 5.81. The molecular weight excluding hydrogens is 352 g/mol. The second kappa shape index (κ2) is 8.64. The van der Waals surface area contributed by atoms with E-state index in [-0.39, 0.29) is 11.9 Å². The van der Waals surface area contributed by atoms with Crippen molar-refractivity contribution in [1.82, 2.24) is 9.80 Å². The summed E-state index contributed by atoms with van der Waals surface area (Å²) in [4.78, 5) is 28.6. The first-order chi connectivity index (χ1) is 13.2. The van der Waals surface area contributed by atoms with Crippen LogP contribution in [-0.2, 0) is 14.3 Å². The minimum absolute atomic E-state index is 0.134. The van der Waals surface area contributed by atoms with E-state index >= 15 is 0 Å². The average molecular weight is 387 g/mol. The standard InChI is InChI=1S/C23H34N2O3/c1-17(26)25(21-14-20(21)19-8-6-5-7-9-19)16-18-10-12-24(15-18)13-11-22(27)28-23(2,3)4/h5-9,18,20-21H,10-16H2,1-4H3/t18?,20-,21+/m0/s1. The van der Waals surface area contributed by atoms with Crippen LogP contribution in [0, 0.1) is 5.92 Å². The fraction of sp³-hybridized carbons (Fsp3) is 0.652. The van der Waals surface area contributed by atoms with Gasteiger partial charge in [-0.1, -0.05) is 30.3 Å². The number of nitrogens with zero attached hydrogens (tertiary/aromatic N) is 2. The normalized spacial score (nSPS) is 24.8. The van der Waals surface area contributed by atoms with Crippen molar-refractivity contribution >= 4 is 11.9 Å². The summed E-state index contributed by atoms with van der Waals surface area (Å²) in [6.45, 7) is 10.9. The van der Waals surface area contributed by atoms with Crippen LogP contribution in [0.4, 0.5) is 0 Å². The van der Waals surface area contributed by atoms with Gasteiger partial charge in [-0.3, -0.25) is 9.59 Å². The fourth-order valence-corrected chi connectivity index (χ4v) is 4.27. The Hall–Kier alpha value is -1.88. The number of rotatable bonds is 7. The molecule has 5 nitrogen and oxygen atoms in total. The molecule has 0 spiro atoms. The van der Waals surface area contributed by atoms with Crippen LogP contribution in [0.25, 0.3) is 0 Å². The molecule has 0 N–H and O–H groups in total. The number of esters is 1. The second-order valence-electron chi connectivity index (χ2n) is 9.28. The van der Waals surface area contributed by atoms with Gasteiger partial charge in [-0.2, -0.15) is 0 Å². The topological polar surface area (TPSA) is 49.9 Å². The minimum atomic E-state index is -0.424. The van der Waals surface area contributed by atoms with Crippen molar-refractivity contribution in [1.29, 1.82) is 0 Å². The molecular formula is C23H34N2O3. The monoisotopic (exact) mass is 386 g/mol. The molecule has 1 amide bonds. The summed E-state index contributed by atoms with van der Waals surface area (Å²) in [6, 6.07) is 10.8. The predicted octanol–water partition coefficient (Wildman–Crippen LogP) is 3.44. The van der Waals surface area contributed by atoms with Gasteiger partial charge in [-0.15, -0.1) is 0 Å². The summed E-state index contributed by atoms with van der Waals surface area (Å²) in [6.07, 6.45) is 2.58. The van der Waals surface area contributed by atoms with Crippen molar-refractivity contribution in [3.8, 4) is 0 Å². The molecule has 1 saturated carbocycles. The molecule has 154 valence electrons. The third-order valence-corrected chi connectivity index (χ3v) is 5.67. The lowest BCUT2D eigenvalue weighted by Gasteiger charge is -2.25. The van der Waals surface area contributed by atoms with Crippen molar-refractivity contribution < 1.29 is 14.3 Å². The van der Waals surface area contributed by atoms with E-state index in [1.165, 1.54) is 5.56 Å². The van der Waals surface area contributed by atoms with Gasteiger partial charge < -0.3 is 14.5 Å². The number of carbonyl (C=O) groups is 2. The molecule has 0 bridgehead atoms. The Labute approximate surface area is 169 Å². The van der Waals surface area contributed by atoms with Crippen molar-refractivity contribution in [2.45, 2.75) is 64.5 Å². The van der Waals surface area contributed by atoms with Gasteiger partial charge in [0.2, 0.25) is 5.91 Å². The Morgan fingerprint density at radius 1 is 1.21 bits per heavy atom. The Morgan fingerprint density at radius 2 is 1.93 bits per heavy atom. The van der Waals surface area contributed by atoms with Gasteiger partial charge in [-0.05, 0) is 51.6 Å². The molecule has 1 aromatic rings. The number of carbonyl (C=O) groups excluding carboxylic acids is 2. The largest absolute Gasteiger partial charge is 0.460 e. The number of benzene rings is 1. The summed E-state index contributed by atoms with van der Waals surface area (Å²) >= 11 is 0. The van der Waals surface area contributed by atoms with Crippen LogP contribution in [-0.4, -0.2) is 59.5 Å². The number of hydrogen-bond acceptors (Lipinski definition) is 4. The highest BCUT2D eigenvalue weighted by atomic mass is 16.6. The Morgan fingerprint density at radius 3 is 2.57 bits per heavy atom. The zero-order valence-corrected chi connectivity index (χ0v) is 17.7. The molecule has 1 aliphatic heterocycles. The smallest absolute Gasteiger partial charge is 0.307 e. The summed E-state index contributed by atoms with van der Waals surface area (Å²) in [5.74, 6) is 1.01. The van der Waals surface area contributed by atoms with Gasteiger partial charge in [0.05, 0.1) is 6.42 Å². The predicted molar refractivity (Wildman–Crippen MR) is 110 cm³/mol. The van der Waals surface area contributed by atoms with Crippen LogP contribution in [0.3, 0.4) is 0 Å². The number of ether oxygens (including phenoxy) is 1. The first kappa shape index (κ1) is 20.8. The lowest BCUT2D eigenvalue weighted by atomic mass is 10.1. The molecule has 0 aromatic heterocycles. The Kier molecular flexibility index (Phi) is 6.43. The highest BCUT2D eigenvalue weighted by Gasteiger charge is 2.44. The van der Waals surface area contributed by atoms with Crippen LogP contribution >= 0.6 is 0 Å². The lowest BCUT2D eigenvalue weighted by molar-refractivity contribution is -0.155. The number of amides is 1. The van der Waals surface area contributed by atoms with Gasteiger partial charge in [0.1, 0.15) is 5.60 Å². The fourth-order valence-electron chi connectivity index (χ4n) is 4.27. The van der Waals surface area contributed by atoms with E-state index in [4.69, 9.17) is 4.74 Å². The first-order valence-electron chi connectivity index (χ1n) is 10.5. The van der Waals surface area contributed by atoms with Gasteiger partial charge in [0, 0.05) is 38.5 Å². The minimum Gasteiger partial charge on any atom is -0.460 e. The van der Waals surface area contributed by atoms with Crippen LogP contribution < -0.4 is 0 Å². The van der Waals surface area contributed by atoms with E-state index in [2.05, 4.69) is 34.1 Å². The van der Waals surface area contributed by atoms with Crippen molar-refractivity contribution in [2.24, 2.45) is 5.92 Å². The second-order valence-corrected chi connectivity index (χ2v) is 9.28. The van der Waals surface area contributed by atoms with Crippen LogP contribution in [0.1, 0.15) is 58.4 Å². The first-order valence-corrected chi connectivity index (χ1v) is 10.5. The number of likely N-dealkylation sites (tertiary alicyclic amines) is 1. The maximum Gasteiger partial charge on any atom is 0.307 e. The SMILES string of the molecule is CC(=O)N(CC1CCN(CCC(=O)OC(C)(C)C)C1)[C@@H]1C[C@H]1c1ccccc1. The van der Waals surface area contributed by atoms with Crippen LogP contribution in [0.15, 0.2) is 30.3 Å². The van der Waals surface area contributed by atoms with Crippen molar-refractivity contribution in [2.75, 3.05) is 26.2 Å². The quantitative estimate of drug-likeness (QED) is 0.674. The summed E-state index contributed by atoms with van der Waals surface area (Å²) in [7, 11) is 0. The lowest BCUT2D eigenvalue weighted by Crippen LogP contribution is -2.37. The van der Waals surface area contributed by atoms with E-state index < -0.39 is 5.60 Å².